The van der Waals surface area contributed by atoms with Crippen LogP contribution < -0.4 is 5.32 Å². The number of hydrogen-bond acceptors (Lipinski definition) is 2. The third-order valence-corrected chi connectivity index (χ3v) is 4.25. The summed E-state index contributed by atoms with van der Waals surface area (Å²) >= 11 is 0. The first-order valence-electron chi connectivity index (χ1n) is 7.83. The van der Waals surface area contributed by atoms with E-state index in [0.29, 0.717) is 6.04 Å². The molecule has 0 aromatic heterocycles. The summed E-state index contributed by atoms with van der Waals surface area (Å²) in [4.78, 5) is 2.55. The average Bonchev–Trinajstić information content (AvgIpc) is 2.44. The third-order valence-electron chi connectivity index (χ3n) is 4.25. The van der Waals surface area contributed by atoms with E-state index in [0.717, 1.165) is 25.4 Å². The lowest BCUT2D eigenvalue weighted by Gasteiger charge is -2.30. The van der Waals surface area contributed by atoms with Gasteiger partial charge in [-0.05, 0) is 62.9 Å². The van der Waals surface area contributed by atoms with Crippen LogP contribution in [0.15, 0.2) is 24.3 Å². The zero-order valence-electron chi connectivity index (χ0n) is 12.7. The van der Waals surface area contributed by atoms with Crippen molar-refractivity contribution in [3.05, 3.63) is 35.6 Å². The van der Waals surface area contributed by atoms with Gasteiger partial charge in [0, 0.05) is 19.1 Å². The number of nitrogens with zero attached hydrogens (tertiary/aromatic N) is 1. The van der Waals surface area contributed by atoms with Crippen LogP contribution in [0.1, 0.15) is 32.3 Å². The lowest BCUT2D eigenvalue weighted by molar-refractivity contribution is 0.191. The van der Waals surface area contributed by atoms with Crippen LogP contribution in [0.2, 0.25) is 0 Å². The van der Waals surface area contributed by atoms with Gasteiger partial charge in [-0.15, -0.1) is 0 Å². The Balaban J connectivity index is 1.62. The Morgan fingerprint density at radius 3 is 2.55 bits per heavy atom. The van der Waals surface area contributed by atoms with Crippen LogP contribution in [-0.2, 0) is 6.42 Å². The molecule has 2 nitrogen and oxygen atoms in total. The van der Waals surface area contributed by atoms with Crippen molar-refractivity contribution in [1.29, 1.82) is 0 Å². The first-order chi connectivity index (χ1) is 9.63. The Hall–Kier alpha value is -0.930. The maximum atomic E-state index is 12.8. The minimum Gasteiger partial charge on any atom is -0.313 e. The molecule has 0 bridgehead atoms. The van der Waals surface area contributed by atoms with Crippen LogP contribution in [0.5, 0.6) is 0 Å². The van der Waals surface area contributed by atoms with E-state index < -0.39 is 0 Å². The molecule has 0 amide bonds. The van der Waals surface area contributed by atoms with Crippen molar-refractivity contribution >= 4 is 0 Å². The van der Waals surface area contributed by atoms with Crippen LogP contribution in [0.25, 0.3) is 0 Å². The molecule has 1 aliphatic heterocycles. The molecule has 1 aliphatic rings. The summed E-state index contributed by atoms with van der Waals surface area (Å²) in [6.07, 6.45) is 3.63. The van der Waals surface area contributed by atoms with Crippen LogP contribution in [0, 0.1) is 11.7 Å². The Labute approximate surface area is 122 Å². The minimum absolute atomic E-state index is 0.159. The molecule has 0 aliphatic carbocycles. The summed E-state index contributed by atoms with van der Waals surface area (Å²) in [7, 11) is 0. The quantitative estimate of drug-likeness (QED) is 0.860. The van der Waals surface area contributed by atoms with E-state index in [2.05, 4.69) is 24.1 Å². The molecular weight excluding hydrogens is 251 g/mol. The monoisotopic (exact) mass is 278 g/mol. The molecule has 1 N–H and O–H groups in total. The summed E-state index contributed by atoms with van der Waals surface area (Å²) < 4.78 is 12.8. The number of likely N-dealkylation sites (tertiary alicyclic amines) is 1. The van der Waals surface area contributed by atoms with Gasteiger partial charge in [-0.1, -0.05) is 19.1 Å². The molecule has 3 heteroatoms. The van der Waals surface area contributed by atoms with E-state index in [1.807, 2.05) is 12.1 Å². The molecule has 112 valence electrons. The average molecular weight is 278 g/mol. The van der Waals surface area contributed by atoms with Crippen LogP contribution in [0.4, 0.5) is 4.39 Å². The molecule has 0 radical (unpaired) electrons. The van der Waals surface area contributed by atoms with Crippen LogP contribution in [0.3, 0.4) is 0 Å². The Kier molecular flexibility index (Phi) is 5.99. The topological polar surface area (TPSA) is 15.3 Å². The van der Waals surface area contributed by atoms with Gasteiger partial charge in [-0.25, -0.2) is 4.39 Å². The Bertz CT molecular complexity index is 382. The van der Waals surface area contributed by atoms with Gasteiger partial charge < -0.3 is 10.2 Å². The summed E-state index contributed by atoms with van der Waals surface area (Å²) in [5.41, 5.74) is 1.19. The summed E-state index contributed by atoms with van der Waals surface area (Å²) in [6, 6.07) is 7.26. The lowest BCUT2D eigenvalue weighted by atomic mass is 9.99. The van der Waals surface area contributed by atoms with Crippen molar-refractivity contribution in [2.45, 2.75) is 39.2 Å². The van der Waals surface area contributed by atoms with Crippen molar-refractivity contribution in [1.82, 2.24) is 10.2 Å². The van der Waals surface area contributed by atoms with E-state index in [9.17, 15) is 4.39 Å². The fourth-order valence-electron chi connectivity index (χ4n) is 2.80. The molecule has 1 aromatic rings. The molecule has 20 heavy (non-hydrogen) atoms. The fraction of sp³-hybridized carbons (Fsp3) is 0.647. The number of benzene rings is 1. The standard InChI is InChI=1S/C17H27FN2/c1-14-7-10-20(11-8-14)12-9-19-15(2)13-16-3-5-17(18)6-4-16/h3-6,14-15,19H,7-13H2,1-2H3. The highest BCUT2D eigenvalue weighted by Crippen LogP contribution is 2.15. The zero-order valence-corrected chi connectivity index (χ0v) is 12.7. The highest BCUT2D eigenvalue weighted by molar-refractivity contribution is 5.16. The fourth-order valence-corrected chi connectivity index (χ4v) is 2.80. The SMILES string of the molecule is CC1CCN(CCNC(C)Cc2ccc(F)cc2)CC1. The van der Waals surface area contributed by atoms with E-state index in [1.54, 1.807) is 0 Å². The minimum atomic E-state index is -0.159. The largest absolute Gasteiger partial charge is 0.313 e. The first kappa shape index (κ1) is 15.5. The molecule has 1 atom stereocenters. The van der Waals surface area contributed by atoms with Gasteiger partial charge in [0.15, 0.2) is 0 Å². The van der Waals surface area contributed by atoms with Crippen molar-refractivity contribution in [2.24, 2.45) is 5.92 Å². The number of hydrogen-bond donors (Lipinski definition) is 1. The third kappa shape index (κ3) is 5.22. The van der Waals surface area contributed by atoms with Crippen LogP contribution in [-0.4, -0.2) is 37.1 Å². The second-order valence-corrected chi connectivity index (χ2v) is 6.21. The van der Waals surface area contributed by atoms with Gasteiger partial charge in [0.2, 0.25) is 0 Å². The summed E-state index contributed by atoms with van der Waals surface area (Å²) in [5, 5.41) is 3.57. The second kappa shape index (κ2) is 7.75. The highest BCUT2D eigenvalue weighted by Gasteiger charge is 2.15. The molecule has 0 saturated carbocycles. The molecule has 1 unspecified atom stereocenters. The number of halogens is 1. The summed E-state index contributed by atoms with van der Waals surface area (Å²) in [5.74, 6) is 0.741. The van der Waals surface area contributed by atoms with Gasteiger partial charge in [0.05, 0.1) is 0 Å². The molecule has 1 aromatic carbocycles. The molecule has 1 saturated heterocycles. The van der Waals surface area contributed by atoms with Gasteiger partial charge in [0.1, 0.15) is 5.82 Å². The highest BCUT2D eigenvalue weighted by atomic mass is 19.1. The Morgan fingerprint density at radius 1 is 1.25 bits per heavy atom. The molecule has 1 fully saturated rings. The number of piperidine rings is 1. The molecule has 2 rings (SSSR count). The van der Waals surface area contributed by atoms with Gasteiger partial charge >= 0.3 is 0 Å². The number of nitrogens with one attached hydrogen (secondary N) is 1. The van der Waals surface area contributed by atoms with Crippen LogP contribution >= 0.6 is 0 Å². The Morgan fingerprint density at radius 2 is 1.90 bits per heavy atom. The maximum Gasteiger partial charge on any atom is 0.123 e. The maximum absolute atomic E-state index is 12.8. The molecular formula is C17H27FN2. The smallest absolute Gasteiger partial charge is 0.123 e. The predicted molar refractivity (Wildman–Crippen MR) is 82.4 cm³/mol. The van der Waals surface area contributed by atoms with Gasteiger partial charge in [0.25, 0.3) is 0 Å². The van der Waals surface area contributed by atoms with Crippen molar-refractivity contribution in [3.63, 3.8) is 0 Å². The predicted octanol–water partition coefficient (Wildman–Crippen LogP) is 3.08. The van der Waals surface area contributed by atoms with E-state index in [-0.39, 0.29) is 5.82 Å². The van der Waals surface area contributed by atoms with Crippen molar-refractivity contribution in [2.75, 3.05) is 26.2 Å². The van der Waals surface area contributed by atoms with Gasteiger partial charge in [-0.2, -0.15) is 0 Å². The first-order valence-corrected chi connectivity index (χ1v) is 7.83. The van der Waals surface area contributed by atoms with E-state index >= 15 is 0 Å². The molecule has 0 spiro atoms. The molecule has 1 heterocycles. The van der Waals surface area contributed by atoms with Gasteiger partial charge in [-0.3, -0.25) is 0 Å². The van der Waals surface area contributed by atoms with Crippen molar-refractivity contribution in [3.8, 4) is 0 Å². The summed E-state index contributed by atoms with van der Waals surface area (Å²) in [6.45, 7) is 9.21. The van der Waals surface area contributed by atoms with E-state index in [1.165, 1.54) is 43.6 Å². The zero-order chi connectivity index (χ0) is 14.4. The normalized spacial score (nSPS) is 19.1. The number of rotatable bonds is 6. The van der Waals surface area contributed by atoms with E-state index in [4.69, 9.17) is 0 Å². The van der Waals surface area contributed by atoms with Crippen molar-refractivity contribution < 1.29 is 4.39 Å². The lowest BCUT2D eigenvalue weighted by Crippen LogP contribution is -2.40. The second-order valence-electron chi connectivity index (χ2n) is 6.21.